The van der Waals surface area contributed by atoms with E-state index in [1.807, 2.05) is 12.1 Å². The summed E-state index contributed by atoms with van der Waals surface area (Å²) < 4.78 is 5.19. The number of benzene rings is 1. The number of alkyl halides is 1. The molecule has 0 saturated heterocycles. The van der Waals surface area contributed by atoms with E-state index in [1.54, 1.807) is 19.2 Å². The zero-order valence-electron chi connectivity index (χ0n) is 10.5. The number of nitrogens with one attached hydrogen (secondary N) is 1. The number of methoxy groups -OCH3 is 1. The minimum absolute atomic E-state index is 0.0644. The van der Waals surface area contributed by atoms with Crippen molar-refractivity contribution >= 4 is 17.5 Å². The highest BCUT2D eigenvalue weighted by Gasteiger charge is 2.22. The third-order valence-corrected chi connectivity index (χ3v) is 3.78. The van der Waals surface area contributed by atoms with Crippen LogP contribution in [0.2, 0.25) is 0 Å². The monoisotopic (exact) mass is 267 g/mol. The number of para-hydroxylation sites is 1. The van der Waals surface area contributed by atoms with Gasteiger partial charge in [-0.1, -0.05) is 12.1 Å². The van der Waals surface area contributed by atoms with Crippen molar-refractivity contribution in [2.75, 3.05) is 7.11 Å². The fraction of sp³-hybridized carbons (Fsp3) is 0.500. The minimum Gasteiger partial charge on any atom is -0.496 e. The zero-order valence-corrected chi connectivity index (χ0v) is 11.2. The Kier molecular flexibility index (Phi) is 4.48. The van der Waals surface area contributed by atoms with Crippen molar-refractivity contribution in [2.24, 2.45) is 0 Å². The summed E-state index contributed by atoms with van der Waals surface area (Å²) in [5.41, 5.74) is 0.591. The van der Waals surface area contributed by atoms with Crippen molar-refractivity contribution < 1.29 is 9.53 Å². The van der Waals surface area contributed by atoms with Gasteiger partial charge >= 0.3 is 0 Å². The van der Waals surface area contributed by atoms with E-state index in [0.29, 0.717) is 11.3 Å². The molecule has 0 atom stereocenters. The lowest BCUT2D eigenvalue weighted by Gasteiger charge is -2.26. The number of carbonyl (C=O) groups is 1. The van der Waals surface area contributed by atoms with E-state index < -0.39 is 0 Å². The molecule has 0 radical (unpaired) electrons. The van der Waals surface area contributed by atoms with E-state index in [-0.39, 0.29) is 17.3 Å². The molecule has 1 aliphatic rings. The van der Waals surface area contributed by atoms with Crippen molar-refractivity contribution in [3.63, 3.8) is 0 Å². The molecule has 0 spiro atoms. The van der Waals surface area contributed by atoms with Crippen molar-refractivity contribution in [3.8, 4) is 5.75 Å². The highest BCUT2D eigenvalue weighted by atomic mass is 35.5. The molecule has 0 heterocycles. The summed E-state index contributed by atoms with van der Waals surface area (Å²) in [7, 11) is 1.57. The highest BCUT2D eigenvalue weighted by Crippen LogP contribution is 2.24. The van der Waals surface area contributed by atoms with E-state index in [9.17, 15) is 4.79 Å². The molecule has 0 unspecified atom stereocenters. The summed E-state index contributed by atoms with van der Waals surface area (Å²) in [4.78, 5) is 12.2. The highest BCUT2D eigenvalue weighted by molar-refractivity contribution is 6.20. The Morgan fingerprint density at radius 1 is 1.28 bits per heavy atom. The molecule has 1 aromatic carbocycles. The largest absolute Gasteiger partial charge is 0.496 e. The van der Waals surface area contributed by atoms with Crippen LogP contribution in [-0.4, -0.2) is 24.4 Å². The molecular weight excluding hydrogens is 250 g/mol. The Labute approximate surface area is 112 Å². The van der Waals surface area contributed by atoms with Gasteiger partial charge in [0, 0.05) is 11.4 Å². The van der Waals surface area contributed by atoms with E-state index >= 15 is 0 Å². The van der Waals surface area contributed by atoms with Gasteiger partial charge in [0.1, 0.15) is 5.75 Å². The van der Waals surface area contributed by atoms with Gasteiger partial charge in [-0.2, -0.15) is 0 Å². The van der Waals surface area contributed by atoms with Gasteiger partial charge in [-0.05, 0) is 37.8 Å². The van der Waals surface area contributed by atoms with Crippen molar-refractivity contribution in [1.82, 2.24) is 5.32 Å². The average molecular weight is 268 g/mol. The minimum atomic E-state index is -0.0644. The summed E-state index contributed by atoms with van der Waals surface area (Å²) in [6.45, 7) is 0. The van der Waals surface area contributed by atoms with Crippen molar-refractivity contribution in [1.29, 1.82) is 0 Å². The molecule has 1 fully saturated rings. The van der Waals surface area contributed by atoms with Crippen LogP contribution >= 0.6 is 11.6 Å². The van der Waals surface area contributed by atoms with Gasteiger partial charge in [-0.15, -0.1) is 11.6 Å². The standard InChI is InChI=1S/C14H18ClNO2/c1-18-13-5-3-2-4-12(13)14(17)16-11-8-6-10(15)7-9-11/h2-5,10-11H,6-9H2,1H3,(H,16,17). The predicted molar refractivity (Wildman–Crippen MR) is 72.4 cm³/mol. The number of hydrogen-bond acceptors (Lipinski definition) is 2. The Morgan fingerprint density at radius 3 is 2.61 bits per heavy atom. The van der Waals surface area contributed by atoms with Crippen LogP contribution in [0.4, 0.5) is 0 Å². The smallest absolute Gasteiger partial charge is 0.255 e. The van der Waals surface area contributed by atoms with Gasteiger partial charge < -0.3 is 10.1 Å². The summed E-state index contributed by atoms with van der Waals surface area (Å²) >= 11 is 6.05. The first-order chi connectivity index (χ1) is 8.70. The second kappa shape index (κ2) is 6.10. The molecule has 0 aromatic heterocycles. The molecule has 98 valence electrons. The summed E-state index contributed by atoms with van der Waals surface area (Å²) in [6, 6.07) is 7.50. The van der Waals surface area contributed by atoms with Gasteiger partial charge in [-0.25, -0.2) is 0 Å². The predicted octanol–water partition coefficient (Wildman–Crippen LogP) is 2.98. The van der Waals surface area contributed by atoms with Crippen LogP contribution in [0.5, 0.6) is 5.75 Å². The molecule has 3 nitrogen and oxygen atoms in total. The van der Waals surface area contributed by atoms with Crippen LogP contribution in [0.1, 0.15) is 36.0 Å². The number of amides is 1. The van der Waals surface area contributed by atoms with Crippen LogP contribution in [0, 0.1) is 0 Å². The van der Waals surface area contributed by atoms with E-state index in [1.165, 1.54) is 0 Å². The number of halogens is 1. The number of ether oxygens (including phenoxy) is 1. The molecule has 1 saturated carbocycles. The van der Waals surface area contributed by atoms with Crippen molar-refractivity contribution in [3.05, 3.63) is 29.8 Å². The molecular formula is C14H18ClNO2. The number of hydrogen-bond donors (Lipinski definition) is 1. The first-order valence-corrected chi connectivity index (χ1v) is 6.72. The maximum atomic E-state index is 12.2. The fourth-order valence-electron chi connectivity index (χ4n) is 2.29. The summed E-state index contributed by atoms with van der Waals surface area (Å²) in [5, 5.41) is 3.32. The first kappa shape index (κ1) is 13.2. The lowest BCUT2D eigenvalue weighted by atomic mass is 9.95. The average Bonchev–Trinajstić information content (AvgIpc) is 2.41. The Balaban J connectivity index is 1.99. The van der Waals surface area contributed by atoms with Gasteiger partial charge in [0.15, 0.2) is 0 Å². The quantitative estimate of drug-likeness (QED) is 0.855. The van der Waals surface area contributed by atoms with Crippen molar-refractivity contribution in [2.45, 2.75) is 37.1 Å². The lowest BCUT2D eigenvalue weighted by molar-refractivity contribution is 0.0925. The first-order valence-electron chi connectivity index (χ1n) is 6.28. The molecule has 0 bridgehead atoms. The molecule has 4 heteroatoms. The maximum Gasteiger partial charge on any atom is 0.255 e. The normalized spacial score (nSPS) is 23.4. The fourth-order valence-corrected chi connectivity index (χ4v) is 2.54. The molecule has 1 aliphatic carbocycles. The topological polar surface area (TPSA) is 38.3 Å². The molecule has 1 amide bonds. The van der Waals surface area contributed by atoms with Crippen LogP contribution in [-0.2, 0) is 0 Å². The Hall–Kier alpha value is -1.22. The Morgan fingerprint density at radius 2 is 1.94 bits per heavy atom. The van der Waals surface area contributed by atoms with E-state index in [0.717, 1.165) is 25.7 Å². The molecule has 1 aromatic rings. The molecule has 18 heavy (non-hydrogen) atoms. The van der Waals surface area contributed by atoms with E-state index in [2.05, 4.69) is 5.32 Å². The second-order valence-corrected chi connectivity index (χ2v) is 5.24. The van der Waals surface area contributed by atoms with Gasteiger partial charge in [-0.3, -0.25) is 4.79 Å². The lowest BCUT2D eigenvalue weighted by Crippen LogP contribution is -2.37. The van der Waals surface area contributed by atoms with Crippen LogP contribution in [0.25, 0.3) is 0 Å². The van der Waals surface area contributed by atoms with Crippen LogP contribution in [0.3, 0.4) is 0 Å². The molecule has 1 N–H and O–H groups in total. The molecule has 0 aliphatic heterocycles. The van der Waals surface area contributed by atoms with Gasteiger partial charge in [0.25, 0.3) is 5.91 Å². The van der Waals surface area contributed by atoms with Gasteiger partial charge in [0.05, 0.1) is 12.7 Å². The number of carbonyl (C=O) groups excluding carboxylic acids is 1. The SMILES string of the molecule is COc1ccccc1C(=O)NC1CCC(Cl)CC1. The van der Waals surface area contributed by atoms with Crippen LogP contribution < -0.4 is 10.1 Å². The third kappa shape index (κ3) is 3.16. The van der Waals surface area contributed by atoms with Crippen LogP contribution in [0.15, 0.2) is 24.3 Å². The van der Waals surface area contributed by atoms with E-state index in [4.69, 9.17) is 16.3 Å². The summed E-state index contributed by atoms with van der Waals surface area (Å²) in [6.07, 6.45) is 3.85. The molecule has 2 rings (SSSR count). The Bertz CT molecular complexity index is 414. The second-order valence-electron chi connectivity index (χ2n) is 4.62. The zero-order chi connectivity index (χ0) is 13.0. The summed E-state index contributed by atoms with van der Waals surface area (Å²) in [5.74, 6) is 0.548. The number of rotatable bonds is 3. The van der Waals surface area contributed by atoms with Gasteiger partial charge in [0.2, 0.25) is 0 Å². The maximum absolute atomic E-state index is 12.2. The third-order valence-electron chi connectivity index (χ3n) is 3.34.